The first-order valence-corrected chi connectivity index (χ1v) is 6.00. The molecule has 1 rings (SSSR count). The average Bonchev–Trinajstić information content (AvgIpc) is 2.41. The van der Waals surface area contributed by atoms with Crippen molar-refractivity contribution in [2.45, 2.75) is 19.4 Å². The van der Waals surface area contributed by atoms with Gasteiger partial charge in [0.1, 0.15) is 6.04 Å². The first-order chi connectivity index (χ1) is 9.86. The van der Waals surface area contributed by atoms with Crippen LogP contribution in [-0.4, -0.2) is 35.6 Å². The largest absolute Gasteiger partial charge is 0.480 e. The second kappa shape index (κ2) is 7.32. The van der Waals surface area contributed by atoms with Crippen LogP contribution in [0.25, 0.3) is 0 Å². The van der Waals surface area contributed by atoms with Crippen molar-refractivity contribution in [3.05, 3.63) is 35.4 Å². The number of aliphatic carboxylic acids is 1. The van der Waals surface area contributed by atoms with Gasteiger partial charge in [0, 0.05) is 0 Å². The van der Waals surface area contributed by atoms with Crippen LogP contribution in [0.4, 0.5) is 8.78 Å². The van der Waals surface area contributed by atoms with Crippen LogP contribution in [0, 0.1) is 11.6 Å². The zero-order valence-electron chi connectivity index (χ0n) is 11.1. The van der Waals surface area contributed by atoms with Crippen molar-refractivity contribution in [3.8, 4) is 0 Å². The molecule has 0 bridgehead atoms. The summed E-state index contributed by atoms with van der Waals surface area (Å²) in [6.45, 7) is 1.59. The number of carboxylic acids is 1. The highest BCUT2D eigenvalue weighted by molar-refractivity contribution is 5.97. The number of rotatable bonds is 6. The molecule has 0 aromatic heterocycles. The van der Waals surface area contributed by atoms with Crippen LogP contribution in [-0.2, 0) is 14.3 Å². The van der Waals surface area contributed by atoms with E-state index in [0.717, 1.165) is 18.2 Å². The lowest BCUT2D eigenvalue weighted by atomic mass is 10.1. The molecule has 1 aromatic rings. The molecule has 0 radical (unpaired) electrons. The van der Waals surface area contributed by atoms with E-state index < -0.39 is 47.5 Å². The lowest BCUT2D eigenvalue weighted by molar-refractivity contribution is -0.149. The quantitative estimate of drug-likeness (QED) is 0.768. The molecule has 6 nitrogen and oxygen atoms in total. The van der Waals surface area contributed by atoms with Gasteiger partial charge in [-0.05, 0) is 19.1 Å². The molecule has 0 saturated carbocycles. The highest BCUT2D eigenvalue weighted by Gasteiger charge is 2.26. The SMILES string of the molecule is CCOC(=O)C[C@H](NC(=O)c1cccc(F)c1F)C(=O)O. The molecule has 2 N–H and O–H groups in total. The van der Waals surface area contributed by atoms with E-state index in [0.29, 0.717) is 0 Å². The summed E-state index contributed by atoms with van der Waals surface area (Å²) in [5, 5.41) is 10.9. The molecule has 8 heteroatoms. The maximum absolute atomic E-state index is 13.4. The number of carbonyl (C=O) groups excluding carboxylic acids is 2. The maximum Gasteiger partial charge on any atom is 0.326 e. The van der Waals surface area contributed by atoms with E-state index in [2.05, 4.69) is 4.74 Å². The van der Waals surface area contributed by atoms with E-state index in [4.69, 9.17) is 5.11 Å². The Morgan fingerprint density at radius 3 is 2.57 bits per heavy atom. The predicted octanol–water partition coefficient (Wildman–Crippen LogP) is 1.10. The Morgan fingerprint density at radius 2 is 2.00 bits per heavy atom. The fourth-order valence-corrected chi connectivity index (χ4v) is 1.50. The minimum atomic E-state index is -1.60. The number of nitrogens with one attached hydrogen (secondary N) is 1. The van der Waals surface area contributed by atoms with Crippen LogP contribution in [0.5, 0.6) is 0 Å². The Bertz CT molecular complexity index is 561. The van der Waals surface area contributed by atoms with Crippen molar-refractivity contribution in [1.29, 1.82) is 0 Å². The Hall–Kier alpha value is -2.51. The first-order valence-electron chi connectivity index (χ1n) is 6.00. The molecule has 0 unspecified atom stereocenters. The number of halogens is 2. The van der Waals surface area contributed by atoms with Gasteiger partial charge in [-0.1, -0.05) is 6.07 Å². The number of esters is 1. The van der Waals surface area contributed by atoms with Crippen molar-refractivity contribution >= 4 is 17.8 Å². The van der Waals surface area contributed by atoms with Crippen LogP contribution < -0.4 is 5.32 Å². The minimum absolute atomic E-state index is 0.0532. The third kappa shape index (κ3) is 4.51. The normalized spacial score (nSPS) is 11.6. The lowest BCUT2D eigenvalue weighted by Gasteiger charge is -2.14. The molecule has 0 spiro atoms. The van der Waals surface area contributed by atoms with Crippen molar-refractivity contribution in [2.75, 3.05) is 6.61 Å². The summed E-state index contributed by atoms with van der Waals surface area (Å²) in [4.78, 5) is 33.9. The standard InChI is InChI=1S/C13H13F2NO5/c1-2-21-10(17)6-9(13(19)20)16-12(18)7-4-3-5-8(14)11(7)15/h3-5,9H,2,6H2,1H3,(H,16,18)(H,19,20)/t9-/m0/s1. The molecular formula is C13H13F2NO5. The topological polar surface area (TPSA) is 92.7 Å². The fraction of sp³-hybridized carbons (Fsp3) is 0.308. The maximum atomic E-state index is 13.4. The molecule has 0 saturated heterocycles. The van der Waals surface area contributed by atoms with Crippen molar-refractivity contribution < 1.29 is 33.0 Å². The zero-order chi connectivity index (χ0) is 16.0. The fourth-order valence-electron chi connectivity index (χ4n) is 1.50. The number of ether oxygens (including phenoxy) is 1. The monoisotopic (exact) mass is 301 g/mol. The van der Waals surface area contributed by atoms with E-state index in [1.54, 1.807) is 0 Å². The van der Waals surface area contributed by atoms with Crippen LogP contribution in [0.15, 0.2) is 18.2 Å². The Labute approximate surface area is 118 Å². The molecule has 21 heavy (non-hydrogen) atoms. The summed E-state index contributed by atoms with van der Waals surface area (Å²) in [5.74, 6) is -6.09. The second-order valence-corrected chi connectivity index (χ2v) is 3.97. The van der Waals surface area contributed by atoms with Gasteiger partial charge in [-0.25, -0.2) is 13.6 Å². The molecule has 0 aliphatic rings. The second-order valence-electron chi connectivity index (χ2n) is 3.97. The molecule has 0 fully saturated rings. The number of carboxylic acid groups (broad SMARTS) is 1. The van der Waals surface area contributed by atoms with Crippen LogP contribution in [0.3, 0.4) is 0 Å². The van der Waals surface area contributed by atoms with Gasteiger partial charge < -0.3 is 15.2 Å². The highest BCUT2D eigenvalue weighted by Crippen LogP contribution is 2.11. The number of hydrogen-bond donors (Lipinski definition) is 2. The summed E-state index contributed by atoms with van der Waals surface area (Å²) < 4.78 is 31.0. The number of carbonyl (C=O) groups is 3. The van der Waals surface area contributed by atoms with Gasteiger partial charge in [-0.2, -0.15) is 0 Å². The Kier molecular flexibility index (Phi) is 5.77. The predicted molar refractivity (Wildman–Crippen MR) is 66.5 cm³/mol. The smallest absolute Gasteiger partial charge is 0.326 e. The first kappa shape index (κ1) is 16.5. The van der Waals surface area contributed by atoms with Crippen molar-refractivity contribution in [3.63, 3.8) is 0 Å². The third-order valence-corrected chi connectivity index (χ3v) is 2.48. The summed E-state index contributed by atoms with van der Waals surface area (Å²) in [6, 6.07) is 1.32. The van der Waals surface area contributed by atoms with Crippen LogP contribution >= 0.6 is 0 Å². The summed E-state index contributed by atoms with van der Waals surface area (Å²) in [5.41, 5.74) is -0.648. The minimum Gasteiger partial charge on any atom is -0.480 e. The summed E-state index contributed by atoms with van der Waals surface area (Å²) in [7, 11) is 0. The van der Waals surface area contributed by atoms with Crippen LogP contribution in [0.2, 0.25) is 0 Å². The number of hydrogen-bond acceptors (Lipinski definition) is 4. The van der Waals surface area contributed by atoms with E-state index in [-0.39, 0.29) is 6.61 Å². The Morgan fingerprint density at radius 1 is 1.33 bits per heavy atom. The molecular weight excluding hydrogens is 288 g/mol. The molecule has 1 atom stereocenters. The lowest BCUT2D eigenvalue weighted by Crippen LogP contribution is -2.42. The third-order valence-electron chi connectivity index (χ3n) is 2.48. The molecule has 1 amide bonds. The van der Waals surface area contributed by atoms with E-state index in [1.165, 1.54) is 6.92 Å². The number of amides is 1. The van der Waals surface area contributed by atoms with Gasteiger partial charge in [0.15, 0.2) is 11.6 Å². The average molecular weight is 301 g/mol. The van der Waals surface area contributed by atoms with Gasteiger partial charge in [0.25, 0.3) is 5.91 Å². The highest BCUT2D eigenvalue weighted by atomic mass is 19.2. The summed E-state index contributed by atoms with van der Waals surface area (Å²) in [6.07, 6.45) is -0.619. The molecule has 114 valence electrons. The van der Waals surface area contributed by atoms with Gasteiger partial charge in [0.2, 0.25) is 0 Å². The van der Waals surface area contributed by atoms with Gasteiger partial charge in [-0.3, -0.25) is 9.59 Å². The molecule has 1 aromatic carbocycles. The van der Waals surface area contributed by atoms with Gasteiger partial charge >= 0.3 is 11.9 Å². The zero-order valence-corrected chi connectivity index (χ0v) is 11.1. The van der Waals surface area contributed by atoms with Gasteiger partial charge in [-0.15, -0.1) is 0 Å². The van der Waals surface area contributed by atoms with E-state index >= 15 is 0 Å². The molecule has 0 aliphatic carbocycles. The number of benzene rings is 1. The Balaban J connectivity index is 2.84. The van der Waals surface area contributed by atoms with Gasteiger partial charge in [0.05, 0.1) is 18.6 Å². The van der Waals surface area contributed by atoms with Crippen molar-refractivity contribution in [2.24, 2.45) is 0 Å². The van der Waals surface area contributed by atoms with Crippen molar-refractivity contribution in [1.82, 2.24) is 5.32 Å². The summed E-state index contributed by atoms with van der Waals surface area (Å²) >= 11 is 0. The van der Waals surface area contributed by atoms with E-state index in [9.17, 15) is 23.2 Å². The van der Waals surface area contributed by atoms with Crippen LogP contribution in [0.1, 0.15) is 23.7 Å². The molecule has 0 aliphatic heterocycles. The molecule has 0 heterocycles. The van der Waals surface area contributed by atoms with E-state index in [1.807, 2.05) is 5.32 Å².